The molecule has 0 atom stereocenters. The van der Waals surface area contributed by atoms with Gasteiger partial charge in [0.25, 0.3) is 11.4 Å². The first kappa shape index (κ1) is 31.6. The van der Waals surface area contributed by atoms with E-state index in [1.807, 2.05) is 18.2 Å². The fourth-order valence-corrected chi connectivity index (χ4v) is 11.6. The van der Waals surface area contributed by atoms with Gasteiger partial charge in [0.15, 0.2) is 0 Å². The van der Waals surface area contributed by atoms with Crippen molar-refractivity contribution in [2.24, 2.45) is 9.74 Å². The molecule has 3 aromatic rings. The largest absolute Gasteiger partial charge is 0.270 e. The molecule has 0 saturated heterocycles. The summed E-state index contributed by atoms with van der Waals surface area (Å²) >= 11 is 0. The lowest BCUT2D eigenvalue weighted by Crippen LogP contribution is -2.36. The molecular weight excluding hydrogens is 551 g/mol. The van der Waals surface area contributed by atoms with Crippen molar-refractivity contribution < 1.29 is 0 Å². The zero-order chi connectivity index (χ0) is 31.1. The van der Waals surface area contributed by atoms with Crippen molar-refractivity contribution >= 4 is 58.4 Å². The summed E-state index contributed by atoms with van der Waals surface area (Å²) in [5.74, 6) is 0. The molecule has 4 rings (SSSR count). The van der Waals surface area contributed by atoms with Gasteiger partial charge in [-0.3, -0.25) is 14.3 Å². The average Bonchev–Trinajstić information content (AvgIpc) is 3.59. The van der Waals surface area contributed by atoms with Crippen molar-refractivity contribution in [2.45, 2.75) is 59.0 Å². The van der Waals surface area contributed by atoms with E-state index in [4.69, 9.17) is 17.9 Å². The van der Waals surface area contributed by atoms with E-state index in [2.05, 4.69) is 70.6 Å². The van der Waals surface area contributed by atoms with Gasteiger partial charge in [-0.25, -0.2) is 25.0 Å². The number of aliphatic imine (C=N–C) groups is 1. The Labute approximate surface area is 254 Å². The smallest absolute Gasteiger partial charge is 0.265 e. The third-order valence-corrected chi connectivity index (χ3v) is 13.4. The minimum Gasteiger partial charge on any atom is -0.265 e. The topological polar surface area (TPSA) is 87.5 Å². The fraction of sp³-hybridized carbons (Fsp3) is 0.382. The third-order valence-electron chi connectivity index (χ3n) is 8.55. The number of nitriles is 2. The molecule has 0 amide bonds. The van der Waals surface area contributed by atoms with Crippen LogP contribution in [0.2, 0.25) is 0 Å². The Kier molecular flexibility index (Phi) is 10.1. The van der Waals surface area contributed by atoms with E-state index >= 15 is 0 Å². The highest BCUT2D eigenvalue weighted by atomic mass is 31.2. The first-order valence-electron chi connectivity index (χ1n) is 14.8. The van der Waals surface area contributed by atoms with E-state index in [-0.39, 0.29) is 11.4 Å². The second-order valence-electron chi connectivity index (χ2n) is 10.4. The molecule has 0 radical (unpaired) electrons. The predicted octanol–water partition coefficient (Wildman–Crippen LogP) is 7.72. The first-order valence-corrected chi connectivity index (χ1v) is 16.6. The van der Waals surface area contributed by atoms with Gasteiger partial charge in [0.05, 0.1) is 36.7 Å². The lowest BCUT2D eigenvalue weighted by Gasteiger charge is -2.46. The molecule has 0 aromatic heterocycles. The van der Waals surface area contributed by atoms with Crippen LogP contribution < -0.4 is 10.4 Å². The molecule has 1 fully saturated rings. The molecule has 0 N–H and O–H groups in total. The number of rotatable bonds is 9. The zero-order valence-corrected chi connectivity index (χ0v) is 26.3. The van der Waals surface area contributed by atoms with Crippen molar-refractivity contribution in [2.75, 3.05) is 26.2 Å². The lowest BCUT2D eigenvalue weighted by molar-refractivity contribution is 0.403. The van der Waals surface area contributed by atoms with Gasteiger partial charge in [-0.15, -0.1) is 0 Å². The Bertz CT molecular complexity index is 1860. The van der Waals surface area contributed by atoms with E-state index in [0.717, 1.165) is 44.7 Å². The van der Waals surface area contributed by atoms with Gasteiger partial charge in [0.1, 0.15) is 7.36 Å². The molecule has 1 aliphatic carbocycles. The summed E-state index contributed by atoms with van der Waals surface area (Å²) in [6, 6.07) is 15.3. The summed E-state index contributed by atoms with van der Waals surface area (Å²) in [7, 11) is -2.18. The summed E-state index contributed by atoms with van der Waals surface area (Å²) in [6.07, 6.45) is 4.70. The fourth-order valence-electron chi connectivity index (χ4n) is 6.70. The van der Waals surface area contributed by atoms with Crippen molar-refractivity contribution in [3.8, 4) is 12.1 Å². The monoisotopic (exact) mass is 588 g/mol. The van der Waals surface area contributed by atoms with Gasteiger partial charge >= 0.3 is 0 Å². The Hall–Kier alpha value is -4.30. The number of hydrogen-bond donors (Lipinski definition) is 0. The van der Waals surface area contributed by atoms with Gasteiger partial charge in [0.2, 0.25) is 0 Å². The normalized spacial score (nSPS) is 15.1. The quantitative estimate of drug-likeness (QED) is 0.111. The molecule has 218 valence electrons. The summed E-state index contributed by atoms with van der Waals surface area (Å²) in [4.78, 5) is 11.2. The van der Waals surface area contributed by atoms with Crippen LogP contribution in [0.3, 0.4) is 0 Å². The minimum atomic E-state index is -2.18. The lowest BCUT2D eigenvalue weighted by atomic mass is 9.95. The van der Waals surface area contributed by atoms with Crippen LogP contribution in [0.1, 0.15) is 53.4 Å². The van der Waals surface area contributed by atoms with Gasteiger partial charge in [-0.1, -0.05) is 52.7 Å². The molecule has 0 unspecified atom stereocenters. The Morgan fingerprint density at radius 1 is 0.814 bits per heavy atom. The Morgan fingerprint density at radius 3 is 1.65 bits per heavy atom. The van der Waals surface area contributed by atoms with Crippen LogP contribution in [-0.2, 0) is 0 Å². The molecule has 9 heteroatoms. The average molecular weight is 589 g/mol. The molecule has 43 heavy (non-hydrogen) atoms. The van der Waals surface area contributed by atoms with E-state index in [1.165, 1.54) is 12.8 Å². The van der Waals surface area contributed by atoms with Gasteiger partial charge in [0, 0.05) is 42.3 Å². The molecule has 1 aliphatic rings. The van der Waals surface area contributed by atoms with E-state index in [0.29, 0.717) is 43.3 Å². The Morgan fingerprint density at radius 2 is 1.26 bits per heavy atom. The number of nitrogens with zero attached hydrogens (tertiary/aromatic N) is 8. The van der Waals surface area contributed by atoms with Crippen molar-refractivity contribution in [3.63, 3.8) is 0 Å². The first-order chi connectivity index (χ1) is 20.9. The molecule has 3 aromatic carbocycles. The van der Waals surface area contributed by atoms with E-state index in [9.17, 15) is 10.5 Å². The SMILES string of the molecule is [C-]#[N+]/C(C#N)=c1\c2cc(N=P(C3CCCC3)(N(CC)CC)N(CC)CC)ccc2/c(=C(/C#N)[N+]#[C-])c2cc(N=C)ccc12. The molecule has 0 spiro atoms. The number of fused-ring (bicyclic) bond motifs is 2. The third kappa shape index (κ3) is 5.47. The van der Waals surface area contributed by atoms with Gasteiger partial charge in [-0.2, -0.15) is 0 Å². The van der Waals surface area contributed by atoms with Crippen LogP contribution in [0.5, 0.6) is 0 Å². The van der Waals surface area contributed by atoms with Gasteiger partial charge in [-0.05, 0) is 65.4 Å². The minimum absolute atomic E-state index is 0.0522. The van der Waals surface area contributed by atoms with Crippen molar-refractivity contribution in [3.05, 3.63) is 69.7 Å². The second-order valence-corrected chi connectivity index (χ2v) is 13.7. The molecule has 0 aliphatic heterocycles. The highest BCUT2D eigenvalue weighted by molar-refractivity contribution is 7.62. The maximum atomic E-state index is 10.1. The standard InChI is InChI=1S/C34H37N8P/c1-8-41(9-2)43(42(10-3)11-4,26-14-12-13-15-26)40-25-17-19-28-30(21-25)34(32(23-36)39-7)27-18-16-24(37-5)20-29(27)33(28)31(22-35)38-6/h16-21,26H,5,8-15H2,1-4H3/b33-31+,34-32-. The highest BCUT2D eigenvalue weighted by Gasteiger charge is 2.40. The van der Waals surface area contributed by atoms with Crippen LogP contribution in [-0.4, -0.2) is 47.9 Å². The summed E-state index contributed by atoms with van der Waals surface area (Å²) in [5, 5.41) is 23.5. The van der Waals surface area contributed by atoms with E-state index in [1.54, 1.807) is 18.2 Å². The van der Waals surface area contributed by atoms with Crippen LogP contribution in [0.15, 0.2) is 46.1 Å². The Balaban J connectivity index is 2.31. The molecular formula is C34H37N8P. The van der Waals surface area contributed by atoms with Crippen LogP contribution in [0, 0.1) is 35.8 Å². The maximum Gasteiger partial charge on any atom is 0.270 e. The van der Waals surface area contributed by atoms with Crippen molar-refractivity contribution in [1.29, 1.82) is 10.5 Å². The van der Waals surface area contributed by atoms with Crippen molar-refractivity contribution in [1.82, 2.24) is 9.34 Å². The summed E-state index contributed by atoms with van der Waals surface area (Å²) in [6.45, 7) is 31.7. The zero-order valence-electron chi connectivity index (χ0n) is 25.4. The molecule has 0 bridgehead atoms. The van der Waals surface area contributed by atoms with E-state index < -0.39 is 7.36 Å². The van der Waals surface area contributed by atoms with Gasteiger partial charge < -0.3 is 0 Å². The molecule has 1 saturated carbocycles. The van der Waals surface area contributed by atoms with Crippen LogP contribution in [0.4, 0.5) is 11.4 Å². The maximum absolute atomic E-state index is 10.1. The summed E-state index contributed by atoms with van der Waals surface area (Å²) in [5.41, 5.74) is 1.70. The second kappa shape index (κ2) is 13.8. The number of hydrogen-bond acceptors (Lipinski definition) is 4. The highest BCUT2D eigenvalue weighted by Crippen LogP contribution is 2.65. The van der Waals surface area contributed by atoms with Crippen LogP contribution in [0.25, 0.3) is 42.6 Å². The molecule has 0 heterocycles. The molecule has 8 nitrogen and oxygen atoms in total. The predicted molar refractivity (Wildman–Crippen MR) is 178 cm³/mol. The summed E-state index contributed by atoms with van der Waals surface area (Å²) < 4.78 is 10.9. The number of benzene rings is 3. The van der Waals surface area contributed by atoms with Crippen LogP contribution >= 0.6 is 7.36 Å².